The van der Waals surface area contributed by atoms with E-state index in [2.05, 4.69) is 5.73 Å². The fourth-order valence-corrected chi connectivity index (χ4v) is 1.29. The van der Waals surface area contributed by atoms with Gasteiger partial charge >= 0.3 is 29.6 Å². The monoisotopic (exact) mass is 236 g/mol. The summed E-state index contributed by atoms with van der Waals surface area (Å²) in [6, 6.07) is 0. The summed E-state index contributed by atoms with van der Waals surface area (Å²) in [5.74, 6) is -2.51. The van der Waals surface area contributed by atoms with Crippen molar-refractivity contribution >= 4 is 21.9 Å². The van der Waals surface area contributed by atoms with Gasteiger partial charge in [0.1, 0.15) is 0 Å². The minimum atomic E-state index is -4.74. The first kappa shape index (κ1) is 16.2. The van der Waals surface area contributed by atoms with Crippen molar-refractivity contribution in [2.24, 2.45) is 5.73 Å². The number of carbonyl (C=O) groups is 2. The van der Waals surface area contributed by atoms with Gasteiger partial charge in [0, 0.05) is 0 Å². The van der Waals surface area contributed by atoms with Crippen LogP contribution in [0.4, 0.5) is 0 Å². The molecule has 0 bridgehead atoms. The second-order valence-electron chi connectivity index (χ2n) is 2.15. The molecule has 0 saturated heterocycles. The maximum absolute atomic E-state index is 10.6. The smallest absolute Gasteiger partial charge is 1.00 e. The summed E-state index contributed by atoms with van der Waals surface area (Å²) in [6.07, 6.45) is -0.898. The number of nitrogens with one attached hydrogen (secondary N) is 1. The van der Waals surface area contributed by atoms with Crippen LogP contribution in [0.1, 0.15) is 7.85 Å². The van der Waals surface area contributed by atoms with Gasteiger partial charge in [-0.15, -0.1) is 0 Å². The molecule has 1 atom stereocenters. The van der Waals surface area contributed by atoms with E-state index in [9.17, 15) is 18.0 Å². The molecule has 0 spiro atoms. The van der Waals surface area contributed by atoms with Crippen molar-refractivity contribution in [3.63, 3.8) is 0 Å². The summed E-state index contributed by atoms with van der Waals surface area (Å²) >= 11 is 0. The topological polar surface area (TPSA) is 147 Å². The molecule has 0 aliphatic rings. The van der Waals surface area contributed by atoms with Gasteiger partial charge in [0.05, 0.1) is 6.42 Å². The summed E-state index contributed by atoms with van der Waals surface area (Å²) in [5.41, 5.74) is 5.60. The number of amides is 2. The molecule has 0 fully saturated rings. The van der Waals surface area contributed by atoms with Gasteiger partial charge in [-0.1, -0.05) is 0 Å². The van der Waals surface area contributed by atoms with E-state index < -0.39 is 33.6 Å². The number of hydroxylamine groups is 1. The van der Waals surface area contributed by atoms with E-state index >= 15 is 0 Å². The van der Waals surface area contributed by atoms with Crippen molar-refractivity contribution in [1.29, 1.82) is 0 Å². The molecule has 0 aliphatic heterocycles. The third-order valence-electron chi connectivity index (χ3n) is 1.15. The van der Waals surface area contributed by atoms with E-state index in [-0.39, 0.29) is 31.0 Å². The van der Waals surface area contributed by atoms with Crippen molar-refractivity contribution in [3.8, 4) is 0 Å². The average molecular weight is 236 g/mol. The van der Waals surface area contributed by atoms with Gasteiger partial charge in [-0.3, -0.25) is 19.3 Å². The van der Waals surface area contributed by atoms with E-state index in [0.29, 0.717) is 0 Å². The van der Waals surface area contributed by atoms with Gasteiger partial charge in [0.25, 0.3) is 16.0 Å². The van der Waals surface area contributed by atoms with E-state index in [1.54, 1.807) is 0 Å². The van der Waals surface area contributed by atoms with Gasteiger partial charge < -0.3 is 7.16 Å². The molecular formula is C4H9N2NaO6S. The normalized spacial score (nSPS) is 12.4. The zero-order valence-electron chi connectivity index (χ0n) is 8.30. The van der Waals surface area contributed by atoms with Crippen LogP contribution in [0, 0.1) is 0 Å². The summed E-state index contributed by atoms with van der Waals surface area (Å²) < 4.78 is 29.3. The zero-order valence-corrected chi connectivity index (χ0v) is 10.1. The molecule has 2 amide bonds. The fourth-order valence-electron chi connectivity index (χ4n) is 0.588. The van der Waals surface area contributed by atoms with Crippen LogP contribution in [-0.4, -0.2) is 35.2 Å². The van der Waals surface area contributed by atoms with Gasteiger partial charge in [-0.2, -0.15) is 8.42 Å². The molecule has 0 heterocycles. The Hall–Kier alpha value is -0.190. The van der Waals surface area contributed by atoms with Crippen LogP contribution in [0.15, 0.2) is 0 Å². The quantitative estimate of drug-likeness (QED) is 0.166. The Bertz CT molecular complexity index is 319. The first-order valence-electron chi connectivity index (χ1n) is 2.97. The minimum Gasteiger partial charge on any atom is -1.00 e. The molecule has 1 unspecified atom stereocenters. The summed E-state index contributed by atoms with van der Waals surface area (Å²) in [5, 5.41) is 5.98. The molecule has 0 radical (unpaired) electrons. The molecule has 0 aromatic carbocycles. The number of hydrogen-bond acceptors (Lipinski definition) is 5. The van der Waals surface area contributed by atoms with Crippen molar-refractivity contribution in [1.82, 2.24) is 5.48 Å². The van der Waals surface area contributed by atoms with Crippen LogP contribution in [0.3, 0.4) is 0 Å². The summed E-state index contributed by atoms with van der Waals surface area (Å²) in [7, 11) is -4.74. The second-order valence-corrected chi connectivity index (χ2v) is 3.75. The molecule has 14 heavy (non-hydrogen) atoms. The Morgan fingerprint density at radius 3 is 2.14 bits per heavy atom. The third-order valence-corrected chi connectivity index (χ3v) is 2.25. The fraction of sp³-hybridized carbons (Fsp3) is 0.500. The van der Waals surface area contributed by atoms with Crippen LogP contribution >= 0.6 is 0 Å². The number of nitrogens with two attached hydrogens (primary N) is 1. The minimum absolute atomic E-state index is 0. The summed E-state index contributed by atoms with van der Waals surface area (Å²) in [6.45, 7) is 0. The van der Waals surface area contributed by atoms with Gasteiger partial charge in [0.15, 0.2) is 5.25 Å². The van der Waals surface area contributed by atoms with Crippen molar-refractivity contribution in [3.05, 3.63) is 0 Å². The van der Waals surface area contributed by atoms with Crippen LogP contribution in [-0.2, 0) is 19.7 Å². The van der Waals surface area contributed by atoms with Crippen LogP contribution in [0.5, 0.6) is 0 Å². The largest absolute Gasteiger partial charge is 1.00 e. The third kappa shape index (κ3) is 5.52. The number of primary amides is 1. The van der Waals surface area contributed by atoms with E-state index in [4.69, 9.17) is 9.76 Å². The number of rotatable bonds is 4. The Morgan fingerprint density at radius 1 is 1.50 bits per heavy atom. The number of carbonyl (C=O) groups excluding carboxylic acids is 2. The second kappa shape index (κ2) is 6.32. The predicted molar refractivity (Wildman–Crippen MR) is 40.2 cm³/mol. The molecule has 0 aliphatic carbocycles. The molecule has 0 rings (SSSR count). The molecule has 0 aromatic rings. The molecule has 0 saturated carbocycles. The van der Waals surface area contributed by atoms with Gasteiger partial charge in [-0.05, 0) is 0 Å². The molecule has 8 nitrogen and oxygen atoms in total. The first-order valence-corrected chi connectivity index (χ1v) is 4.48. The van der Waals surface area contributed by atoms with Crippen molar-refractivity contribution < 1.29 is 58.8 Å². The van der Waals surface area contributed by atoms with Crippen LogP contribution < -0.4 is 40.8 Å². The Labute approximate surface area is 103 Å². The Morgan fingerprint density at radius 2 is 1.93 bits per heavy atom. The maximum atomic E-state index is 10.6. The first-order chi connectivity index (χ1) is 5.79. The Kier molecular flexibility index (Phi) is 7.34. The Balaban J connectivity index is -0.000000720. The van der Waals surface area contributed by atoms with Crippen molar-refractivity contribution in [2.75, 3.05) is 0 Å². The molecule has 78 valence electrons. The summed E-state index contributed by atoms with van der Waals surface area (Å²) in [4.78, 5) is 20.8. The van der Waals surface area contributed by atoms with Crippen molar-refractivity contribution in [2.45, 2.75) is 11.7 Å². The van der Waals surface area contributed by atoms with E-state index in [0.717, 1.165) is 5.48 Å². The van der Waals surface area contributed by atoms with Crippen LogP contribution in [0.25, 0.3) is 0 Å². The van der Waals surface area contributed by atoms with Gasteiger partial charge in [-0.25, -0.2) is 5.48 Å². The average Bonchev–Trinajstić information content (AvgIpc) is 1.96. The SMILES string of the molecule is NC(=O)CC(C(=O)NO)S(=O)(=O)O.[H-].[Na+]. The molecule has 10 heteroatoms. The molecular weight excluding hydrogens is 227 g/mol. The zero-order chi connectivity index (χ0) is 10.6. The molecule has 0 aromatic heterocycles. The van der Waals surface area contributed by atoms with Gasteiger partial charge in [0.2, 0.25) is 5.91 Å². The van der Waals surface area contributed by atoms with Crippen LogP contribution in [0.2, 0.25) is 0 Å². The van der Waals surface area contributed by atoms with E-state index in [1.807, 2.05) is 0 Å². The molecule has 5 N–H and O–H groups in total. The maximum Gasteiger partial charge on any atom is 1.00 e. The van der Waals surface area contributed by atoms with E-state index in [1.165, 1.54) is 0 Å². The standard InChI is InChI=1S/C4H8N2O6S.Na.H/c5-3(7)1-2(4(8)6-9)13(10,11)12;;/h2,9H,1H2,(H2,5,7)(H,6,8)(H,10,11,12);;/q;+1;-1. The predicted octanol–water partition coefficient (Wildman–Crippen LogP) is -5.26. The number of hydrogen-bond donors (Lipinski definition) is 4.